The third-order valence-corrected chi connectivity index (χ3v) is 7.23. The van der Waals surface area contributed by atoms with Crippen molar-refractivity contribution in [1.82, 2.24) is 0 Å². The molecule has 0 atom stereocenters. The number of hydrogen-bond acceptors (Lipinski definition) is 3. The van der Waals surface area contributed by atoms with Gasteiger partial charge in [-0.1, -0.05) is 91.0 Å². The third kappa shape index (κ3) is 6.00. The molecular weight excluding hydrogens is 504 g/mol. The highest BCUT2D eigenvalue weighted by Crippen LogP contribution is 2.41. The van der Waals surface area contributed by atoms with Crippen LogP contribution < -0.4 is 14.2 Å². The van der Waals surface area contributed by atoms with Crippen LogP contribution in [0, 0.1) is 0 Å². The highest BCUT2D eigenvalue weighted by molar-refractivity contribution is 5.53. The molecule has 0 N–H and O–H groups in total. The minimum Gasteiger partial charge on any atom is -0.457 e. The fourth-order valence-electron chi connectivity index (χ4n) is 4.94. The van der Waals surface area contributed by atoms with Gasteiger partial charge in [0.05, 0.1) is 0 Å². The highest BCUT2D eigenvalue weighted by atomic mass is 16.5. The molecule has 0 saturated heterocycles. The summed E-state index contributed by atoms with van der Waals surface area (Å²) in [6, 6.07) is 54.5. The maximum absolute atomic E-state index is 6.07. The number of benzene rings is 6. The molecule has 0 fully saturated rings. The normalized spacial score (nSPS) is 11.0. The Bertz CT molecular complexity index is 1460. The monoisotopic (exact) mass is 534 g/mol. The van der Waals surface area contributed by atoms with E-state index >= 15 is 0 Å². The average Bonchev–Trinajstić information content (AvgIpc) is 3.03. The molecule has 0 amide bonds. The molecule has 0 radical (unpaired) electrons. The van der Waals surface area contributed by atoms with E-state index in [1.165, 1.54) is 0 Å². The summed E-state index contributed by atoms with van der Waals surface area (Å²) >= 11 is 0. The van der Waals surface area contributed by atoms with E-state index in [0.29, 0.717) is 0 Å². The van der Waals surface area contributed by atoms with Gasteiger partial charge in [0.25, 0.3) is 0 Å². The van der Waals surface area contributed by atoms with E-state index in [0.717, 1.165) is 51.2 Å². The second-order valence-corrected chi connectivity index (χ2v) is 9.94. The van der Waals surface area contributed by atoms with Crippen LogP contribution in [0.25, 0.3) is 0 Å². The molecule has 0 spiro atoms. The van der Waals surface area contributed by atoms with Gasteiger partial charge in [-0.15, -0.1) is 0 Å². The Morgan fingerprint density at radius 3 is 0.756 bits per heavy atom. The molecule has 0 unspecified atom stereocenters. The number of rotatable bonds is 9. The summed E-state index contributed by atoms with van der Waals surface area (Å²) in [5, 5.41) is 0. The average molecular weight is 535 g/mol. The molecule has 0 heterocycles. The molecule has 6 aromatic rings. The summed E-state index contributed by atoms with van der Waals surface area (Å²) in [5.74, 6) is 4.81. The molecular formula is C38H30O3. The first-order valence-corrected chi connectivity index (χ1v) is 13.7. The fourth-order valence-corrected chi connectivity index (χ4v) is 4.94. The van der Waals surface area contributed by atoms with Crippen molar-refractivity contribution in [1.29, 1.82) is 0 Å². The first-order chi connectivity index (χ1) is 20.2. The summed E-state index contributed by atoms with van der Waals surface area (Å²) < 4.78 is 18.2. The summed E-state index contributed by atoms with van der Waals surface area (Å²) in [4.78, 5) is 0. The quantitative estimate of drug-likeness (QED) is 0.173. The Morgan fingerprint density at radius 1 is 0.293 bits per heavy atom. The summed E-state index contributed by atoms with van der Waals surface area (Å²) in [6.07, 6.45) is 0. The lowest BCUT2D eigenvalue weighted by atomic mass is 9.71. The van der Waals surface area contributed by atoms with E-state index in [1.807, 2.05) is 127 Å². The van der Waals surface area contributed by atoms with Crippen molar-refractivity contribution >= 4 is 0 Å². The largest absolute Gasteiger partial charge is 0.457 e. The van der Waals surface area contributed by atoms with Gasteiger partial charge >= 0.3 is 0 Å². The van der Waals surface area contributed by atoms with E-state index in [4.69, 9.17) is 14.2 Å². The Hall–Kier alpha value is -5.28. The van der Waals surface area contributed by atoms with E-state index in [-0.39, 0.29) is 0 Å². The van der Waals surface area contributed by atoms with Gasteiger partial charge in [-0.3, -0.25) is 0 Å². The van der Waals surface area contributed by atoms with Gasteiger partial charge in [0.1, 0.15) is 34.5 Å². The van der Waals surface area contributed by atoms with Crippen molar-refractivity contribution in [2.24, 2.45) is 0 Å². The van der Waals surface area contributed by atoms with E-state index in [2.05, 4.69) is 43.3 Å². The van der Waals surface area contributed by atoms with Crippen LogP contribution in [0.2, 0.25) is 0 Å². The van der Waals surface area contributed by atoms with Gasteiger partial charge in [0.2, 0.25) is 0 Å². The topological polar surface area (TPSA) is 27.7 Å². The van der Waals surface area contributed by atoms with Gasteiger partial charge in [0.15, 0.2) is 0 Å². The maximum Gasteiger partial charge on any atom is 0.127 e. The molecule has 0 aliphatic carbocycles. The van der Waals surface area contributed by atoms with Crippen LogP contribution in [0.3, 0.4) is 0 Å². The molecule has 200 valence electrons. The molecule has 3 heteroatoms. The Morgan fingerprint density at radius 2 is 0.512 bits per heavy atom. The van der Waals surface area contributed by atoms with Crippen LogP contribution in [0.4, 0.5) is 0 Å². The predicted octanol–water partition coefficient (Wildman–Crippen LogP) is 10.4. The van der Waals surface area contributed by atoms with Crippen molar-refractivity contribution in [2.45, 2.75) is 12.3 Å². The van der Waals surface area contributed by atoms with Gasteiger partial charge in [-0.25, -0.2) is 0 Å². The van der Waals surface area contributed by atoms with Crippen molar-refractivity contribution in [3.05, 3.63) is 180 Å². The van der Waals surface area contributed by atoms with Crippen LogP contribution in [0.1, 0.15) is 23.6 Å². The van der Waals surface area contributed by atoms with E-state index in [9.17, 15) is 0 Å². The first kappa shape index (κ1) is 26.0. The molecule has 3 nitrogen and oxygen atoms in total. The van der Waals surface area contributed by atoms with Gasteiger partial charge < -0.3 is 14.2 Å². The van der Waals surface area contributed by atoms with Crippen LogP contribution in [-0.2, 0) is 5.41 Å². The standard InChI is InChI=1S/C38H30O3/c1-38(29-17-23-35(24-18-29)39-32-11-5-2-6-12-32,30-19-25-36(26-20-30)40-33-13-7-3-8-14-33)31-21-27-37(28-22-31)41-34-15-9-4-10-16-34/h2-28H,1H3. The zero-order valence-electron chi connectivity index (χ0n) is 22.8. The molecule has 6 aromatic carbocycles. The van der Waals surface area contributed by atoms with Gasteiger partial charge in [-0.2, -0.15) is 0 Å². The summed E-state index contributed by atoms with van der Waals surface area (Å²) in [6.45, 7) is 2.25. The predicted molar refractivity (Wildman–Crippen MR) is 164 cm³/mol. The lowest BCUT2D eigenvalue weighted by Gasteiger charge is -2.32. The molecule has 0 aliphatic heterocycles. The van der Waals surface area contributed by atoms with Crippen LogP contribution >= 0.6 is 0 Å². The molecule has 6 rings (SSSR count). The van der Waals surface area contributed by atoms with Crippen LogP contribution in [-0.4, -0.2) is 0 Å². The molecule has 41 heavy (non-hydrogen) atoms. The van der Waals surface area contributed by atoms with Crippen molar-refractivity contribution in [2.75, 3.05) is 0 Å². The van der Waals surface area contributed by atoms with Crippen molar-refractivity contribution in [3.8, 4) is 34.5 Å². The lowest BCUT2D eigenvalue weighted by Crippen LogP contribution is -2.25. The second kappa shape index (κ2) is 11.8. The first-order valence-electron chi connectivity index (χ1n) is 13.7. The zero-order chi connectivity index (χ0) is 27.9. The Kier molecular flexibility index (Phi) is 7.51. The van der Waals surface area contributed by atoms with E-state index in [1.54, 1.807) is 0 Å². The van der Waals surface area contributed by atoms with Crippen molar-refractivity contribution in [3.63, 3.8) is 0 Å². The van der Waals surface area contributed by atoms with E-state index < -0.39 is 5.41 Å². The maximum atomic E-state index is 6.07. The molecule has 0 aromatic heterocycles. The SMILES string of the molecule is CC(c1ccc(Oc2ccccc2)cc1)(c1ccc(Oc2ccccc2)cc1)c1ccc(Oc2ccccc2)cc1. The lowest BCUT2D eigenvalue weighted by molar-refractivity contribution is 0.481. The van der Waals surface area contributed by atoms with Gasteiger partial charge in [-0.05, 0) is 96.4 Å². The smallest absolute Gasteiger partial charge is 0.127 e. The number of para-hydroxylation sites is 3. The minimum absolute atomic E-state index is 0.443. The third-order valence-electron chi connectivity index (χ3n) is 7.23. The zero-order valence-corrected chi connectivity index (χ0v) is 22.8. The van der Waals surface area contributed by atoms with Crippen molar-refractivity contribution < 1.29 is 14.2 Å². The molecule has 0 saturated carbocycles. The number of hydrogen-bond donors (Lipinski definition) is 0. The molecule has 0 aliphatic rings. The Balaban J connectivity index is 1.33. The fraction of sp³-hybridized carbons (Fsp3) is 0.0526. The van der Waals surface area contributed by atoms with Crippen LogP contribution in [0.15, 0.2) is 164 Å². The van der Waals surface area contributed by atoms with Gasteiger partial charge in [0, 0.05) is 5.41 Å². The second-order valence-electron chi connectivity index (χ2n) is 9.94. The number of ether oxygens (including phenoxy) is 3. The van der Waals surface area contributed by atoms with Crippen LogP contribution in [0.5, 0.6) is 34.5 Å². The Labute approximate surface area is 241 Å². The summed E-state index contributed by atoms with van der Waals surface area (Å²) in [7, 11) is 0. The summed E-state index contributed by atoms with van der Waals surface area (Å²) in [5.41, 5.74) is 2.99. The minimum atomic E-state index is -0.443. The highest BCUT2D eigenvalue weighted by Gasteiger charge is 2.31. The molecule has 0 bridgehead atoms.